The summed E-state index contributed by atoms with van der Waals surface area (Å²) in [6.07, 6.45) is 1.96. The molecule has 126 valence electrons. The molecule has 23 heavy (non-hydrogen) atoms. The number of hydrogen-bond acceptors (Lipinski definition) is 1. The lowest BCUT2D eigenvalue weighted by atomic mass is 9.43. The fourth-order valence-corrected chi connectivity index (χ4v) is 9.72. The molecular weight excluding hydrogens is 486 g/mol. The Labute approximate surface area is 163 Å². The van der Waals surface area contributed by atoms with E-state index in [0.717, 1.165) is 29.7 Å². The third-order valence-electron chi connectivity index (χ3n) is 6.53. The van der Waals surface area contributed by atoms with E-state index in [0.29, 0.717) is 0 Å². The van der Waals surface area contributed by atoms with E-state index in [9.17, 15) is 4.79 Å². The van der Waals surface area contributed by atoms with Crippen LogP contribution in [0, 0.1) is 30.1 Å². The minimum Gasteiger partial charge on any atom is -0.325 e. The maximum absolute atomic E-state index is 13.3. The minimum absolute atomic E-state index is 0.0615. The number of aryl methyl sites for hydroxylation is 2. The first kappa shape index (κ1) is 17.9. The summed E-state index contributed by atoms with van der Waals surface area (Å²) in [5, 5.41) is 3.21. The number of fused-ring (bicyclic) bond motifs is 1. The summed E-state index contributed by atoms with van der Waals surface area (Å²) in [6.45, 7) is 8.55. The van der Waals surface area contributed by atoms with Crippen LogP contribution in [-0.4, -0.2) is 14.5 Å². The van der Waals surface area contributed by atoms with Crippen LogP contribution in [0.5, 0.6) is 0 Å². The monoisotopic (exact) mass is 505 g/mol. The van der Waals surface area contributed by atoms with Crippen LogP contribution in [0.4, 0.5) is 5.69 Å². The fourth-order valence-electron chi connectivity index (χ4n) is 4.80. The fraction of sp³-hybridized carbons (Fsp3) is 0.611. The zero-order chi connectivity index (χ0) is 17.2. The average Bonchev–Trinajstić information content (AvgIpc) is 2.92. The highest BCUT2D eigenvalue weighted by molar-refractivity contribution is 9.24. The maximum Gasteiger partial charge on any atom is 0.232 e. The van der Waals surface area contributed by atoms with E-state index in [2.05, 4.69) is 92.1 Å². The lowest BCUT2D eigenvalue weighted by Crippen LogP contribution is -2.71. The van der Waals surface area contributed by atoms with E-state index < -0.39 is 0 Å². The van der Waals surface area contributed by atoms with Gasteiger partial charge in [0.15, 0.2) is 0 Å². The Morgan fingerprint density at radius 2 is 1.91 bits per heavy atom. The number of hydrogen-bond donors (Lipinski definition) is 1. The molecule has 0 spiro atoms. The number of amides is 1. The highest BCUT2D eigenvalue weighted by Crippen LogP contribution is 2.82. The normalized spacial score (nSPS) is 34.3. The van der Waals surface area contributed by atoms with Gasteiger partial charge in [0.25, 0.3) is 0 Å². The van der Waals surface area contributed by atoms with Crippen molar-refractivity contribution in [2.24, 2.45) is 16.2 Å². The Kier molecular flexibility index (Phi) is 4.34. The third kappa shape index (κ3) is 2.05. The van der Waals surface area contributed by atoms with Gasteiger partial charge in [-0.15, -0.1) is 0 Å². The molecule has 1 N–H and O–H groups in total. The van der Waals surface area contributed by atoms with Gasteiger partial charge in [-0.05, 0) is 49.3 Å². The second kappa shape index (κ2) is 5.57. The van der Waals surface area contributed by atoms with E-state index in [1.54, 1.807) is 0 Å². The van der Waals surface area contributed by atoms with E-state index in [4.69, 9.17) is 0 Å². The van der Waals surface area contributed by atoms with Crippen LogP contribution >= 0.6 is 47.8 Å². The van der Waals surface area contributed by atoms with Gasteiger partial charge in [-0.25, -0.2) is 0 Å². The van der Waals surface area contributed by atoms with E-state index in [-0.39, 0.29) is 30.7 Å². The van der Waals surface area contributed by atoms with E-state index in [1.165, 1.54) is 0 Å². The maximum atomic E-state index is 13.3. The molecule has 1 aromatic rings. The largest absolute Gasteiger partial charge is 0.325 e. The molecule has 3 aliphatic carbocycles. The van der Waals surface area contributed by atoms with Gasteiger partial charge in [0.1, 0.15) is 0 Å². The Balaban J connectivity index is 1.93. The zero-order valence-corrected chi connectivity index (χ0v) is 18.6. The second-order valence-corrected chi connectivity index (χ2v) is 11.5. The summed E-state index contributed by atoms with van der Waals surface area (Å²) in [5.74, 6) is 0.145. The number of alkyl halides is 3. The number of anilines is 1. The SMILES string of the molecule is Cc1ccc(C)c(NC(=O)C23CCC(C(Br)Br)(C2Br)C3(C)C)c1. The van der Waals surface area contributed by atoms with Crippen LogP contribution in [0.3, 0.4) is 0 Å². The average molecular weight is 508 g/mol. The predicted molar refractivity (Wildman–Crippen MR) is 107 cm³/mol. The van der Waals surface area contributed by atoms with Crippen molar-refractivity contribution in [2.75, 3.05) is 5.32 Å². The van der Waals surface area contributed by atoms with Crippen LogP contribution in [0.2, 0.25) is 0 Å². The number of nitrogens with one attached hydrogen (secondary N) is 1. The Hall–Kier alpha value is 0.130. The van der Waals surface area contributed by atoms with Crippen molar-refractivity contribution in [1.29, 1.82) is 0 Å². The summed E-state index contributed by atoms with van der Waals surface area (Å²) >= 11 is 11.3. The van der Waals surface area contributed by atoms with Crippen molar-refractivity contribution >= 4 is 59.4 Å². The summed E-state index contributed by atoms with van der Waals surface area (Å²) in [5.41, 5.74) is 2.82. The van der Waals surface area contributed by atoms with Crippen LogP contribution in [0.15, 0.2) is 18.2 Å². The smallest absolute Gasteiger partial charge is 0.232 e. The van der Waals surface area contributed by atoms with Gasteiger partial charge in [0, 0.05) is 15.9 Å². The molecule has 3 saturated carbocycles. The molecule has 0 radical (unpaired) electrons. The molecule has 0 aliphatic heterocycles. The number of halogens is 3. The summed E-state index contributed by atoms with van der Waals surface area (Å²) < 4.78 is 0.200. The van der Waals surface area contributed by atoms with Gasteiger partial charge in [-0.3, -0.25) is 4.79 Å². The van der Waals surface area contributed by atoms with Gasteiger partial charge < -0.3 is 5.32 Å². The lowest BCUT2D eigenvalue weighted by Gasteiger charge is -2.66. The van der Waals surface area contributed by atoms with Crippen LogP contribution in [0.25, 0.3) is 0 Å². The van der Waals surface area contributed by atoms with Gasteiger partial charge in [-0.1, -0.05) is 73.8 Å². The molecule has 2 bridgehead atoms. The second-order valence-electron chi connectivity index (χ2n) is 7.57. The van der Waals surface area contributed by atoms with Crippen molar-refractivity contribution in [3.8, 4) is 0 Å². The quantitative estimate of drug-likeness (QED) is 0.505. The molecule has 5 heteroatoms. The highest BCUT2D eigenvalue weighted by Gasteiger charge is 2.83. The van der Waals surface area contributed by atoms with E-state index in [1.807, 2.05) is 6.92 Å². The summed E-state index contributed by atoms with van der Waals surface area (Å²) in [7, 11) is 0. The van der Waals surface area contributed by atoms with Crippen LogP contribution in [0.1, 0.15) is 37.8 Å². The topological polar surface area (TPSA) is 29.1 Å². The third-order valence-corrected chi connectivity index (χ3v) is 9.77. The Bertz CT molecular complexity index is 672. The molecule has 1 amide bonds. The van der Waals surface area contributed by atoms with Crippen molar-refractivity contribution in [1.82, 2.24) is 0 Å². The molecule has 0 aromatic heterocycles. The van der Waals surface area contributed by atoms with Crippen molar-refractivity contribution in [3.05, 3.63) is 29.3 Å². The van der Waals surface area contributed by atoms with Gasteiger partial charge in [0.2, 0.25) is 5.91 Å². The van der Waals surface area contributed by atoms with Crippen molar-refractivity contribution in [3.63, 3.8) is 0 Å². The predicted octanol–water partition coefficient (Wildman–Crippen LogP) is 5.93. The molecule has 0 saturated heterocycles. The first-order valence-corrected chi connectivity index (χ1v) is 10.7. The standard InChI is InChI=1S/C18H22Br3NO/c1-10-5-6-11(2)12(9-10)22-15(23)18-8-7-17(13(18)19,14(20)21)16(18,3)4/h5-6,9,13-14H,7-8H2,1-4H3,(H,22,23). The van der Waals surface area contributed by atoms with Crippen molar-refractivity contribution in [2.45, 2.75) is 49.1 Å². The molecular formula is C18H22Br3NO. The number of benzene rings is 1. The van der Waals surface area contributed by atoms with Gasteiger partial charge in [-0.2, -0.15) is 0 Å². The molecule has 3 aliphatic rings. The molecule has 0 heterocycles. The molecule has 3 fully saturated rings. The molecule has 3 atom stereocenters. The van der Waals surface area contributed by atoms with Crippen LogP contribution < -0.4 is 5.32 Å². The number of rotatable bonds is 3. The minimum atomic E-state index is -0.358. The van der Waals surface area contributed by atoms with Gasteiger partial charge >= 0.3 is 0 Å². The first-order chi connectivity index (χ1) is 10.6. The highest BCUT2D eigenvalue weighted by atomic mass is 79.9. The van der Waals surface area contributed by atoms with E-state index >= 15 is 0 Å². The Morgan fingerprint density at radius 3 is 2.43 bits per heavy atom. The molecule has 1 aromatic carbocycles. The number of carbonyl (C=O) groups is 1. The van der Waals surface area contributed by atoms with Gasteiger partial charge in [0.05, 0.1) is 9.15 Å². The zero-order valence-electron chi connectivity index (χ0n) is 13.8. The Morgan fingerprint density at radius 1 is 1.26 bits per heavy atom. The lowest BCUT2D eigenvalue weighted by molar-refractivity contribution is -0.155. The first-order valence-electron chi connectivity index (χ1n) is 7.92. The van der Waals surface area contributed by atoms with Crippen molar-refractivity contribution < 1.29 is 4.79 Å². The molecule has 4 rings (SSSR count). The number of carbonyl (C=O) groups excluding carboxylic acids is 1. The molecule has 3 unspecified atom stereocenters. The van der Waals surface area contributed by atoms with Crippen LogP contribution in [-0.2, 0) is 4.79 Å². The summed E-state index contributed by atoms with van der Waals surface area (Å²) in [6, 6.07) is 6.19. The summed E-state index contributed by atoms with van der Waals surface area (Å²) in [4.78, 5) is 13.4. The molecule has 2 nitrogen and oxygen atoms in total.